The van der Waals surface area contributed by atoms with Gasteiger partial charge < -0.3 is 10.6 Å². The molecular formula is C28H17ClF7N5O2. The van der Waals surface area contributed by atoms with Crippen LogP contribution >= 0.6 is 11.6 Å². The maximum Gasteiger partial charge on any atom is 0.416 e. The van der Waals surface area contributed by atoms with E-state index in [9.17, 15) is 40.3 Å². The first-order valence-electron chi connectivity index (χ1n) is 12.6. The van der Waals surface area contributed by atoms with Crippen molar-refractivity contribution in [1.82, 2.24) is 15.5 Å². The highest BCUT2D eigenvalue weighted by atomic mass is 35.5. The van der Waals surface area contributed by atoms with Gasteiger partial charge in [0.15, 0.2) is 0 Å². The molecule has 1 unspecified atom stereocenters. The highest BCUT2D eigenvalue weighted by Crippen LogP contribution is 2.50. The summed E-state index contributed by atoms with van der Waals surface area (Å²) in [5.41, 5.74) is -1.72. The second kappa shape index (κ2) is 10.3. The largest absolute Gasteiger partial charge is 0.416 e. The normalized spacial score (nSPS) is 16.0. The third kappa shape index (κ3) is 4.94. The van der Waals surface area contributed by atoms with Crippen LogP contribution in [-0.4, -0.2) is 28.7 Å². The molecule has 3 heterocycles. The zero-order valence-corrected chi connectivity index (χ0v) is 22.2. The lowest BCUT2D eigenvalue weighted by atomic mass is 9.87. The second-order valence-corrected chi connectivity index (χ2v) is 10.2. The van der Waals surface area contributed by atoms with Crippen LogP contribution in [0.1, 0.15) is 50.8 Å². The van der Waals surface area contributed by atoms with Crippen molar-refractivity contribution >= 4 is 34.9 Å². The SMILES string of the molecule is O=C(Nc1cc(-c2cn[nH]c2C(F)F)c2c3c1C(c1cc(F)ccc1Cl)NC(=O)N3CC2)c1cc(F)cc(C(F)(F)F)c1. The van der Waals surface area contributed by atoms with Crippen LogP contribution in [0.5, 0.6) is 0 Å². The average molecular weight is 624 g/mol. The molecule has 7 nitrogen and oxygen atoms in total. The summed E-state index contributed by atoms with van der Waals surface area (Å²) in [6, 6.07) is 4.21. The Kier molecular flexibility index (Phi) is 6.83. The van der Waals surface area contributed by atoms with Crippen molar-refractivity contribution < 1.29 is 40.3 Å². The van der Waals surface area contributed by atoms with E-state index in [4.69, 9.17) is 11.6 Å². The third-order valence-corrected chi connectivity index (χ3v) is 7.63. The summed E-state index contributed by atoms with van der Waals surface area (Å²) in [5.74, 6) is -3.19. The van der Waals surface area contributed by atoms with Gasteiger partial charge in [0.05, 0.1) is 23.5 Å². The lowest BCUT2D eigenvalue weighted by molar-refractivity contribution is -0.137. The van der Waals surface area contributed by atoms with Gasteiger partial charge in [-0.25, -0.2) is 22.4 Å². The first kappa shape index (κ1) is 28.5. The van der Waals surface area contributed by atoms with Crippen LogP contribution in [0.2, 0.25) is 5.02 Å². The first-order chi connectivity index (χ1) is 20.3. The number of anilines is 2. The van der Waals surface area contributed by atoms with Gasteiger partial charge in [0.1, 0.15) is 17.3 Å². The predicted molar refractivity (Wildman–Crippen MR) is 141 cm³/mol. The van der Waals surface area contributed by atoms with Gasteiger partial charge in [-0.1, -0.05) is 11.6 Å². The standard InChI is InChI=1S/C28H17ClF7N5O2/c29-19-2-1-13(30)8-17(19)22-21-20(38-26(42)11-5-12(28(34,35)36)7-14(31)6-11)9-16(18-10-37-40-23(18)25(32)33)15-3-4-41(24(15)21)27(43)39-22/h1-2,5-10,22,25H,3-4H2,(H,37,40)(H,38,42)(H,39,43). The van der Waals surface area contributed by atoms with Crippen molar-refractivity contribution in [2.75, 3.05) is 16.8 Å². The maximum absolute atomic E-state index is 14.4. The van der Waals surface area contributed by atoms with Crippen LogP contribution in [0.25, 0.3) is 11.1 Å². The minimum Gasteiger partial charge on any atom is -0.327 e. The lowest BCUT2D eigenvalue weighted by Crippen LogP contribution is -2.46. The van der Waals surface area contributed by atoms with Crippen LogP contribution in [0.4, 0.5) is 46.9 Å². The molecule has 4 aromatic rings. The Bertz CT molecular complexity index is 1810. The number of nitrogens with zero attached hydrogens (tertiary/aromatic N) is 2. The summed E-state index contributed by atoms with van der Waals surface area (Å²) in [6.07, 6.45) is -6.59. The first-order valence-corrected chi connectivity index (χ1v) is 12.9. The number of alkyl halides is 5. The molecule has 222 valence electrons. The Hall–Kier alpha value is -4.59. The quantitative estimate of drug-likeness (QED) is 0.203. The van der Waals surface area contributed by atoms with E-state index in [1.807, 2.05) is 0 Å². The van der Waals surface area contributed by atoms with E-state index in [0.717, 1.165) is 18.3 Å². The molecule has 2 aliphatic rings. The summed E-state index contributed by atoms with van der Waals surface area (Å²) in [6.45, 7) is 0.114. The number of rotatable bonds is 5. The molecule has 0 saturated carbocycles. The van der Waals surface area contributed by atoms with Gasteiger partial charge in [0.25, 0.3) is 12.3 Å². The molecule has 1 aromatic heterocycles. The van der Waals surface area contributed by atoms with Gasteiger partial charge in [-0.15, -0.1) is 0 Å². The fraction of sp³-hybridized carbons (Fsp3) is 0.179. The number of benzene rings is 3. The Balaban J connectivity index is 1.59. The highest BCUT2D eigenvalue weighted by Gasteiger charge is 2.41. The van der Waals surface area contributed by atoms with Gasteiger partial charge in [-0.2, -0.15) is 18.3 Å². The Morgan fingerprint density at radius 1 is 1.07 bits per heavy atom. The van der Waals surface area contributed by atoms with Crippen LogP contribution in [0.3, 0.4) is 0 Å². The molecule has 15 heteroatoms. The van der Waals surface area contributed by atoms with Crippen LogP contribution in [0.15, 0.2) is 48.7 Å². The molecule has 3 aromatic carbocycles. The summed E-state index contributed by atoms with van der Waals surface area (Å²) in [7, 11) is 0. The van der Waals surface area contributed by atoms with E-state index in [1.54, 1.807) is 0 Å². The van der Waals surface area contributed by atoms with Crippen molar-refractivity contribution in [3.8, 4) is 11.1 Å². The molecule has 0 aliphatic carbocycles. The smallest absolute Gasteiger partial charge is 0.327 e. The number of carbonyl (C=O) groups is 2. The van der Waals surface area contributed by atoms with E-state index in [2.05, 4.69) is 20.8 Å². The number of hydrogen-bond donors (Lipinski definition) is 3. The number of aromatic nitrogens is 2. The number of hydrogen-bond acceptors (Lipinski definition) is 3. The van der Waals surface area contributed by atoms with Crippen molar-refractivity contribution in [1.29, 1.82) is 0 Å². The third-order valence-electron chi connectivity index (χ3n) is 7.28. The fourth-order valence-corrected chi connectivity index (χ4v) is 5.69. The number of urea groups is 1. The minimum absolute atomic E-state index is 0.0402. The van der Waals surface area contributed by atoms with E-state index in [1.165, 1.54) is 17.0 Å². The molecule has 0 bridgehead atoms. The van der Waals surface area contributed by atoms with Gasteiger partial charge in [-0.05, 0) is 60.0 Å². The van der Waals surface area contributed by atoms with Gasteiger partial charge in [-0.3, -0.25) is 14.8 Å². The predicted octanol–water partition coefficient (Wildman–Crippen LogP) is 7.39. The molecule has 1 atom stereocenters. The summed E-state index contributed by atoms with van der Waals surface area (Å²) < 4.78 is 96.3. The molecule has 3 amide bonds. The van der Waals surface area contributed by atoms with Crippen molar-refractivity contribution in [3.63, 3.8) is 0 Å². The van der Waals surface area contributed by atoms with Crippen molar-refractivity contribution in [3.05, 3.63) is 98.8 Å². The number of H-pyrrole nitrogens is 1. The van der Waals surface area contributed by atoms with Crippen molar-refractivity contribution in [2.45, 2.75) is 25.1 Å². The lowest BCUT2D eigenvalue weighted by Gasteiger charge is -2.35. The zero-order valence-electron chi connectivity index (χ0n) is 21.4. The van der Waals surface area contributed by atoms with E-state index in [-0.39, 0.29) is 57.7 Å². The van der Waals surface area contributed by atoms with E-state index < -0.39 is 59.0 Å². The molecule has 0 spiro atoms. The van der Waals surface area contributed by atoms with Gasteiger partial charge in [0.2, 0.25) is 0 Å². The topological polar surface area (TPSA) is 90.1 Å². The number of aromatic amines is 1. The van der Waals surface area contributed by atoms with Gasteiger partial charge in [0, 0.05) is 39.5 Å². The average Bonchev–Trinajstić information content (AvgIpc) is 3.61. The molecule has 43 heavy (non-hydrogen) atoms. The molecule has 0 saturated heterocycles. The van der Waals surface area contributed by atoms with Crippen LogP contribution in [-0.2, 0) is 12.6 Å². The number of carbonyl (C=O) groups excluding carboxylic acids is 2. The Morgan fingerprint density at radius 3 is 2.56 bits per heavy atom. The second-order valence-electron chi connectivity index (χ2n) is 9.84. The van der Waals surface area contributed by atoms with E-state index >= 15 is 0 Å². The fourth-order valence-electron chi connectivity index (χ4n) is 5.46. The molecular weight excluding hydrogens is 607 g/mol. The number of nitrogens with one attached hydrogen (secondary N) is 3. The molecule has 0 fully saturated rings. The number of amides is 3. The molecule has 2 aliphatic heterocycles. The summed E-state index contributed by atoms with van der Waals surface area (Å²) >= 11 is 6.37. The summed E-state index contributed by atoms with van der Waals surface area (Å²) in [4.78, 5) is 27.9. The zero-order chi connectivity index (χ0) is 30.8. The van der Waals surface area contributed by atoms with Crippen LogP contribution in [0, 0.1) is 11.6 Å². The highest BCUT2D eigenvalue weighted by molar-refractivity contribution is 6.31. The van der Waals surface area contributed by atoms with Crippen LogP contribution < -0.4 is 15.5 Å². The molecule has 3 N–H and O–H groups in total. The minimum atomic E-state index is -4.96. The molecule has 0 radical (unpaired) electrons. The molecule has 6 rings (SSSR count). The summed E-state index contributed by atoms with van der Waals surface area (Å²) in [5, 5.41) is 11.1. The monoisotopic (exact) mass is 623 g/mol. The van der Waals surface area contributed by atoms with E-state index in [0.29, 0.717) is 17.7 Å². The maximum atomic E-state index is 14.4. The van der Waals surface area contributed by atoms with Crippen molar-refractivity contribution in [2.24, 2.45) is 0 Å². The Labute approximate surface area is 242 Å². The Morgan fingerprint density at radius 2 is 1.84 bits per heavy atom. The number of halogens is 8. The van der Waals surface area contributed by atoms with Gasteiger partial charge >= 0.3 is 12.2 Å².